The topological polar surface area (TPSA) is 96.3 Å². The first-order chi connectivity index (χ1) is 20.7. The SMILES string of the molecule is O=C(O)CCc1ccc(C[N+]2(S(=O)(=O)c3ccc(F)c(F)c3)C=CC=N2)cc1OCCc1cccc(N2CCCCC2)c1. The van der Waals surface area contributed by atoms with Gasteiger partial charge in [-0.25, -0.2) is 8.78 Å². The highest BCUT2D eigenvalue weighted by Gasteiger charge is 2.44. The number of aryl methyl sites for hydroxylation is 1. The second kappa shape index (κ2) is 13.0. The zero-order valence-electron chi connectivity index (χ0n) is 23.7. The predicted molar refractivity (Wildman–Crippen MR) is 159 cm³/mol. The van der Waals surface area contributed by atoms with Crippen molar-refractivity contribution in [1.82, 2.24) is 0 Å². The number of halogens is 2. The normalized spacial score (nSPS) is 18.2. The zero-order chi connectivity index (χ0) is 30.5. The fourth-order valence-electron chi connectivity index (χ4n) is 5.38. The molecule has 11 heteroatoms. The number of rotatable bonds is 12. The number of hydrogen-bond acceptors (Lipinski definition) is 6. The minimum atomic E-state index is -4.33. The standard InChI is InChI=1S/C32H33F2N3O5S/c33-29-12-11-28(22-30(29)34)43(40,41)37(18-5-15-35-37)23-25-8-9-26(10-13-32(38)39)31(21-25)42-19-14-24-6-4-7-27(20-24)36-16-2-1-3-17-36/h4-9,11-12,15,18,20-22H,1-3,10,13-14,16-17,19,23H2/p+1. The molecule has 0 aromatic heterocycles. The molecule has 0 radical (unpaired) electrons. The van der Waals surface area contributed by atoms with Gasteiger partial charge in [-0.1, -0.05) is 33.4 Å². The molecule has 43 heavy (non-hydrogen) atoms. The first kappa shape index (κ1) is 30.4. The maximum atomic E-state index is 14.0. The Morgan fingerprint density at radius 3 is 2.49 bits per heavy atom. The Kier molecular flexibility index (Phi) is 9.22. The minimum absolute atomic E-state index is 0.0921. The van der Waals surface area contributed by atoms with Crippen molar-refractivity contribution in [1.29, 1.82) is 0 Å². The van der Waals surface area contributed by atoms with Crippen LogP contribution >= 0.6 is 0 Å². The summed E-state index contributed by atoms with van der Waals surface area (Å²) in [5.41, 5.74) is 3.54. The van der Waals surface area contributed by atoms with E-state index in [2.05, 4.69) is 22.1 Å². The summed E-state index contributed by atoms with van der Waals surface area (Å²) in [5.74, 6) is -2.90. The lowest BCUT2D eigenvalue weighted by molar-refractivity contribution is -0.770. The van der Waals surface area contributed by atoms with E-state index in [4.69, 9.17) is 4.74 Å². The Balaban J connectivity index is 1.36. The van der Waals surface area contributed by atoms with Crippen molar-refractivity contribution in [2.24, 2.45) is 5.10 Å². The maximum Gasteiger partial charge on any atom is 0.356 e. The number of anilines is 1. The van der Waals surface area contributed by atoms with Gasteiger partial charge in [-0.2, -0.15) is 8.42 Å². The lowest BCUT2D eigenvalue weighted by Gasteiger charge is -2.29. The molecule has 1 saturated heterocycles. The number of carboxylic acids is 1. The van der Waals surface area contributed by atoms with Gasteiger partial charge >= 0.3 is 16.0 Å². The molecule has 0 spiro atoms. The van der Waals surface area contributed by atoms with Crippen LogP contribution in [0.3, 0.4) is 0 Å². The van der Waals surface area contributed by atoms with Crippen LogP contribution in [-0.2, 0) is 34.2 Å². The number of piperidine rings is 1. The molecule has 0 bridgehead atoms. The highest BCUT2D eigenvalue weighted by molar-refractivity contribution is 7.86. The van der Waals surface area contributed by atoms with E-state index >= 15 is 0 Å². The van der Waals surface area contributed by atoms with Gasteiger partial charge in [0.15, 0.2) is 11.6 Å². The highest BCUT2D eigenvalue weighted by atomic mass is 32.2. The van der Waals surface area contributed by atoms with Crippen molar-refractivity contribution < 1.29 is 35.8 Å². The van der Waals surface area contributed by atoms with Gasteiger partial charge in [-0.05, 0) is 67.1 Å². The van der Waals surface area contributed by atoms with Crippen LogP contribution in [0.25, 0.3) is 0 Å². The van der Waals surface area contributed by atoms with Crippen molar-refractivity contribution in [2.45, 2.75) is 50.0 Å². The number of ether oxygens (including phenoxy) is 1. The van der Waals surface area contributed by atoms with E-state index < -0.39 is 36.5 Å². The summed E-state index contributed by atoms with van der Waals surface area (Å²) in [6, 6.07) is 15.9. The molecule has 2 aliphatic heterocycles. The third-order valence-electron chi connectivity index (χ3n) is 7.70. The van der Waals surface area contributed by atoms with Crippen molar-refractivity contribution >= 4 is 27.9 Å². The molecule has 1 N–H and O–H groups in total. The molecule has 1 fully saturated rings. The lowest BCUT2D eigenvalue weighted by Crippen LogP contribution is -2.41. The first-order valence-corrected chi connectivity index (χ1v) is 15.7. The fraction of sp³-hybridized carbons (Fsp3) is 0.312. The number of carbonyl (C=O) groups is 1. The van der Waals surface area contributed by atoms with Gasteiger partial charge in [-0.3, -0.25) is 4.79 Å². The van der Waals surface area contributed by atoms with Crippen LogP contribution in [0.5, 0.6) is 5.75 Å². The smallest absolute Gasteiger partial charge is 0.356 e. The van der Waals surface area contributed by atoms with Gasteiger partial charge in [0.1, 0.15) is 23.4 Å². The molecule has 0 amide bonds. The second-order valence-corrected chi connectivity index (χ2v) is 12.8. The zero-order valence-corrected chi connectivity index (χ0v) is 24.5. The maximum absolute atomic E-state index is 14.0. The molecule has 0 saturated carbocycles. The third-order valence-corrected chi connectivity index (χ3v) is 9.73. The summed E-state index contributed by atoms with van der Waals surface area (Å²) in [7, 11) is -4.33. The van der Waals surface area contributed by atoms with Crippen molar-refractivity contribution in [2.75, 3.05) is 24.6 Å². The molecular formula is C32H34F2N3O5S+. The van der Waals surface area contributed by atoms with Crippen LogP contribution in [0, 0.1) is 11.6 Å². The number of nitrogens with zero attached hydrogens (tertiary/aromatic N) is 3. The Morgan fingerprint density at radius 1 is 0.953 bits per heavy atom. The van der Waals surface area contributed by atoms with Gasteiger partial charge in [0.2, 0.25) is 0 Å². The van der Waals surface area contributed by atoms with Crippen LogP contribution in [0.2, 0.25) is 0 Å². The van der Waals surface area contributed by atoms with Gasteiger partial charge in [0, 0.05) is 49.3 Å². The van der Waals surface area contributed by atoms with Crippen LogP contribution in [0.4, 0.5) is 14.5 Å². The number of benzene rings is 3. The number of quaternary nitrogens is 1. The summed E-state index contributed by atoms with van der Waals surface area (Å²) in [4.78, 5) is 13.3. The third kappa shape index (κ3) is 6.94. The predicted octanol–water partition coefficient (Wildman–Crippen LogP) is 5.81. The summed E-state index contributed by atoms with van der Waals surface area (Å²) >= 11 is 0. The number of hydrogen-bond donors (Lipinski definition) is 1. The Morgan fingerprint density at radius 2 is 1.77 bits per heavy atom. The van der Waals surface area contributed by atoms with Crippen LogP contribution in [-0.4, -0.2) is 49.4 Å². The number of allylic oxidation sites excluding steroid dienone is 1. The Hall–Kier alpha value is -4.09. The van der Waals surface area contributed by atoms with E-state index in [0.29, 0.717) is 36.0 Å². The lowest BCUT2D eigenvalue weighted by atomic mass is 10.1. The van der Waals surface area contributed by atoms with Gasteiger partial charge in [0.25, 0.3) is 0 Å². The fourth-order valence-corrected chi connectivity index (χ4v) is 6.97. The summed E-state index contributed by atoms with van der Waals surface area (Å²) < 4.78 is 60.1. The van der Waals surface area contributed by atoms with Gasteiger partial charge < -0.3 is 14.7 Å². The van der Waals surface area contributed by atoms with Crippen molar-refractivity contribution in [3.8, 4) is 5.75 Å². The molecule has 226 valence electrons. The molecule has 1 atom stereocenters. The Labute approximate surface area is 250 Å². The molecule has 5 rings (SSSR count). The van der Waals surface area contributed by atoms with Gasteiger partial charge in [-0.15, -0.1) is 0 Å². The first-order valence-electron chi connectivity index (χ1n) is 14.3. The van der Waals surface area contributed by atoms with E-state index in [9.17, 15) is 27.1 Å². The number of carboxylic acid groups (broad SMARTS) is 1. The molecule has 3 aromatic rings. The molecule has 3 aromatic carbocycles. The van der Waals surface area contributed by atoms with Crippen LogP contribution < -0.4 is 9.64 Å². The van der Waals surface area contributed by atoms with Crippen LogP contribution in [0.15, 0.2) is 82.9 Å². The molecule has 1 unspecified atom stereocenters. The average molecular weight is 611 g/mol. The molecular weight excluding hydrogens is 576 g/mol. The van der Waals surface area contributed by atoms with E-state index in [0.717, 1.165) is 30.8 Å². The summed E-state index contributed by atoms with van der Waals surface area (Å²) in [6.07, 6.45) is 8.59. The Bertz CT molecular complexity index is 1640. The number of sulfonamides is 1. The largest absolute Gasteiger partial charge is 0.493 e. The molecule has 2 aliphatic rings. The second-order valence-electron chi connectivity index (χ2n) is 10.7. The quantitative estimate of drug-likeness (QED) is 0.260. The average Bonchev–Trinajstić information content (AvgIpc) is 3.49. The monoisotopic (exact) mass is 610 g/mol. The minimum Gasteiger partial charge on any atom is -0.493 e. The van der Waals surface area contributed by atoms with Crippen LogP contribution in [0.1, 0.15) is 42.4 Å². The van der Waals surface area contributed by atoms with E-state index in [1.54, 1.807) is 18.2 Å². The highest BCUT2D eigenvalue weighted by Crippen LogP contribution is 2.33. The van der Waals surface area contributed by atoms with Gasteiger partial charge in [0.05, 0.1) is 12.8 Å². The molecule has 0 aliphatic carbocycles. The van der Waals surface area contributed by atoms with E-state index in [-0.39, 0.29) is 19.4 Å². The molecule has 2 heterocycles. The number of aliphatic carboxylic acids is 1. The summed E-state index contributed by atoms with van der Waals surface area (Å²) in [5, 5.41) is 13.4. The van der Waals surface area contributed by atoms with E-state index in [1.165, 1.54) is 43.4 Å². The molecule has 8 nitrogen and oxygen atoms in total. The summed E-state index contributed by atoms with van der Waals surface area (Å²) in [6.45, 7) is 2.27. The van der Waals surface area contributed by atoms with Crippen molar-refractivity contribution in [3.63, 3.8) is 0 Å². The van der Waals surface area contributed by atoms with E-state index in [1.807, 2.05) is 12.1 Å². The van der Waals surface area contributed by atoms with Crippen molar-refractivity contribution in [3.05, 3.63) is 101 Å².